The minimum atomic E-state index is -3.79. The Kier molecular flexibility index (Phi) is 2.28. The fraction of sp³-hybridized carbons (Fsp3) is 0. The summed E-state index contributed by atoms with van der Waals surface area (Å²) < 4.78 is 22.3. The molecule has 0 fully saturated rings. The normalized spacial score (nSPS) is 11.8. The Morgan fingerprint density at radius 1 is 1.33 bits per heavy atom. The molecule has 4 nitrogen and oxygen atoms in total. The van der Waals surface area contributed by atoms with Crippen molar-refractivity contribution in [1.82, 2.24) is 4.98 Å². The third kappa shape index (κ3) is 1.64. The summed E-state index contributed by atoms with van der Waals surface area (Å²) in [6.07, 6.45) is 1.93. The smallest absolute Gasteiger partial charge is 0.263 e. The molecule has 0 saturated carbocycles. The molecule has 0 aliphatic carbocycles. The number of halogens is 1. The molecule has 1 aromatic carbocycles. The summed E-state index contributed by atoms with van der Waals surface area (Å²) >= 11 is 0. The van der Waals surface area contributed by atoms with Crippen LogP contribution in [0.1, 0.15) is 10.4 Å². The lowest BCUT2D eigenvalue weighted by Crippen LogP contribution is -1.88. The molecule has 2 aromatic rings. The maximum atomic E-state index is 11.2. The van der Waals surface area contributed by atoms with Crippen molar-refractivity contribution in [2.24, 2.45) is 0 Å². The van der Waals surface area contributed by atoms with Gasteiger partial charge >= 0.3 is 0 Å². The second kappa shape index (κ2) is 3.36. The predicted molar refractivity (Wildman–Crippen MR) is 56.7 cm³/mol. The van der Waals surface area contributed by atoms with Crippen LogP contribution in [0.15, 0.2) is 29.3 Å². The number of hydrogen-bond acceptors (Lipinski definition) is 3. The fourth-order valence-corrected chi connectivity index (χ4v) is 2.47. The summed E-state index contributed by atoms with van der Waals surface area (Å²) in [6, 6.07) is 4.79. The van der Waals surface area contributed by atoms with Gasteiger partial charge < -0.3 is 4.98 Å². The van der Waals surface area contributed by atoms with Crippen molar-refractivity contribution in [3.8, 4) is 0 Å². The Bertz CT molecular complexity index is 630. The number of H-pyrrole nitrogens is 1. The number of carbonyl (C=O) groups excluding carboxylic acids is 1. The van der Waals surface area contributed by atoms with Gasteiger partial charge in [0.05, 0.1) is 5.52 Å². The van der Waals surface area contributed by atoms with Gasteiger partial charge in [-0.2, -0.15) is 0 Å². The van der Waals surface area contributed by atoms with Crippen LogP contribution in [0.5, 0.6) is 0 Å². The summed E-state index contributed by atoms with van der Waals surface area (Å²) in [4.78, 5) is 13.4. The first kappa shape index (κ1) is 10.2. The topological polar surface area (TPSA) is 67.0 Å². The third-order valence-electron chi connectivity index (χ3n) is 2.10. The summed E-state index contributed by atoms with van der Waals surface area (Å²) in [5.41, 5.74) is 0.880. The molecule has 0 aliphatic rings. The number of para-hydroxylation sites is 1. The van der Waals surface area contributed by atoms with Crippen LogP contribution in [-0.4, -0.2) is 19.7 Å². The average Bonchev–Trinajstić information content (AvgIpc) is 2.59. The zero-order chi connectivity index (χ0) is 11.1. The standard InChI is InChI=1S/C9H6ClNO3S/c10-15(13,14)8-4-11-9-6(5-12)2-1-3-7(8)9/h1-5,11H. The molecule has 0 radical (unpaired) electrons. The van der Waals surface area contributed by atoms with Gasteiger partial charge in [0.15, 0.2) is 6.29 Å². The molecule has 78 valence electrons. The molecule has 15 heavy (non-hydrogen) atoms. The van der Waals surface area contributed by atoms with E-state index in [4.69, 9.17) is 10.7 Å². The van der Waals surface area contributed by atoms with E-state index in [0.717, 1.165) is 0 Å². The molecule has 2 rings (SSSR count). The quantitative estimate of drug-likeness (QED) is 0.647. The first-order valence-electron chi connectivity index (χ1n) is 4.04. The van der Waals surface area contributed by atoms with Gasteiger partial charge in [-0.1, -0.05) is 12.1 Å². The van der Waals surface area contributed by atoms with Gasteiger partial charge in [-0.05, 0) is 6.07 Å². The van der Waals surface area contributed by atoms with E-state index in [1.807, 2.05) is 0 Å². The number of fused-ring (bicyclic) bond motifs is 1. The largest absolute Gasteiger partial charge is 0.359 e. The fourth-order valence-electron chi connectivity index (χ4n) is 1.45. The summed E-state index contributed by atoms with van der Waals surface area (Å²) in [5, 5.41) is 0.426. The zero-order valence-electron chi connectivity index (χ0n) is 7.40. The molecule has 0 spiro atoms. The highest BCUT2D eigenvalue weighted by atomic mass is 35.7. The summed E-state index contributed by atoms with van der Waals surface area (Å²) in [6.45, 7) is 0. The zero-order valence-corrected chi connectivity index (χ0v) is 8.97. The van der Waals surface area contributed by atoms with Crippen molar-refractivity contribution >= 4 is 36.9 Å². The van der Waals surface area contributed by atoms with Gasteiger partial charge in [-0.25, -0.2) is 8.42 Å². The first-order valence-corrected chi connectivity index (χ1v) is 6.35. The van der Waals surface area contributed by atoms with Gasteiger partial charge in [0.1, 0.15) is 4.90 Å². The number of hydrogen-bond donors (Lipinski definition) is 1. The highest BCUT2D eigenvalue weighted by Crippen LogP contribution is 2.26. The van der Waals surface area contributed by atoms with Gasteiger partial charge in [0.2, 0.25) is 0 Å². The van der Waals surface area contributed by atoms with Crippen LogP contribution in [0.4, 0.5) is 0 Å². The number of nitrogens with one attached hydrogen (secondary N) is 1. The third-order valence-corrected chi connectivity index (χ3v) is 3.46. The van der Waals surface area contributed by atoms with Crippen molar-refractivity contribution in [2.45, 2.75) is 4.90 Å². The Morgan fingerprint density at radius 3 is 2.67 bits per heavy atom. The lowest BCUT2D eigenvalue weighted by molar-refractivity contribution is 0.112. The van der Waals surface area contributed by atoms with E-state index in [0.29, 0.717) is 22.8 Å². The second-order valence-electron chi connectivity index (χ2n) is 2.98. The number of carbonyl (C=O) groups is 1. The number of aldehydes is 1. The van der Waals surface area contributed by atoms with E-state index in [-0.39, 0.29) is 4.90 Å². The van der Waals surface area contributed by atoms with E-state index >= 15 is 0 Å². The van der Waals surface area contributed by atoms with Crippen molar-refractivity contribution in [2.75, 3.05) is 0 Å². The van der Waals surface area contributed by atoms with Crippen molar-refractivity contribution < 1.29 is 13.2 Å². The molecular formula is C9H6ClNO3S. The molecular weight excluding hydrogens is 238 g/mol. The molecule has 0 atom stereocenters. The maximum absolute atomic E-state index is 11.2. The monoisotopic (exact) mass is 243 g/mol. The highest BCUT2D eigenvalue weighted by molar-refractivity contribution is 8.14. The van der Waals surface area contributed by atoms with E-state index < -0.39 is 9.05 Å². The number of aromatic amines is 1. The van der Waals surface area contributed by atoms with Gasteiger partial charge in [-0.3, -0.25) is 4.79 Å². The Morgan fingerprint density at radius 2 is 2.07 bits per heavy atom. The minimum absolute atomic E-state index is 0.0112. The van der Waals surface area contributed by atoms with Crippen LogP contribution in [0.3, 0.4) is 0 Å². The van der Waals surface area contributed by atoms with Gasteiger partial charge in [0, 0.05) is 27.8 Å². The Labute approximate surface area is 90.3 Å². The molecule has 0 bridgehead atoms. The van der Waals surface area contributed by atoms with Gasteiger partial charge in [0.25, 0.3) is 9.05 Å². The van der Waals surface area contributed by atoms with Crippen LogP contribution in [0, 0.1) is 0 Å². The molecule has 0 unspecified atom stereocenters. The lowest BCUT2D eigenvalue weighted by Gasteiger charge is -1.95. The maximum Gasteiger partial charge on any atom is 0.263 e. The molecule has 1 N–H and O–H groups in total. The SMILES string of the molecule is O=Cc1cccc2c(S(=O)(=O)Cl)c[nH]c12. The first-order chi connectivity index (χ1) is 7.04. The van der Waals surface area contributed by atoms with Crippen molar-refractivity contribution in [1.29, 1.82) is 0 Å². The second-order valence-corrected chi connectivity index (χ2v) is 5.51. The highest BCUT2D eigenvalue weighted by Gasteiger charge is 2.16. The molecule has 0 aliphatic heterocycles. The molecule has 1 heterocycles. The number of aromatic nitrogens is 1. The van der Waals surface area contributed by atoms with Crippen molar-refractivity contribution in [3.63, 3.8) is 0 Å². The lowest BCUT2D eigenvalue weighted by atomic mass is 10.2. The van der Waals surface area contributed by atoms with E-state index in [2.05, 4.69) is 4.98 Å². The molecule has 0 saturated heterocycles. The Balaban J connectivity index is 2.89. The summed E-state index contributed by atoms with van der Waals surface area (Å²) in [5.74, 6) is 0. The minimum Gasteiger partial charge on any atom is -0.359 e. The molecule has 0 amide bonds. The van der Waals surface area contributed by atoms with Crippen LogP contribution >= 0.6 is 10.7 Å². The van der Waals surface area contributed by atoms with E-state index in [1.165, 1.54) is 6.20 Å². The van der Waals surface area contributed by atoms with Crippen LogP contribution in [-0.2, 0) is 9.05 Å². The Hall–Kier alpha value is -1.33. The summed E-state index contributed by atoms with van der Waals surface area (Å²) in [7, 11) is 1.45. The van der Waals surface area contributed by atoms with Gasteiger partial charge in [-0.15, -0.1) is 0 Å². The van der Waals surface area contributed by atoms with Crippen LogP contribution in [0.25, 0.3) is 10.9 Å². The molecule has 1 aromatic heterocycles. The number of rotatable bonds is 2. The van der Waals surface area contributed by atoms with E-state index in [1.54, 1.807) is 18.2 Å². The van der Waals surface area contributed by atoms with E-state index in [9.17, 15) is 13.2 Å². The number of benzene rings is 1. The predicted octanol–water partition coefficient (Wildman–Crippen LogP) is 1.91. The van der Waals surface area contributed by atoms with Crippen LogP contribution < -0.4 is 0 Å². The molecule has 6 heteroatoms. The van der Waals surface area contributed by atoms with Crippen LogP contribution in [0.2, 0.25) is 0 Å². The average molecular weight is 244 g/mol. The van der Waals surface area contributed by atoms with Crippen molar-refractivity contribution in [3.05, 3.63) is 30.0 Å².